The summed E-state index contributed by atoms with van der Waals surface area (Å²) in [6, 6.07) is 0. The van der Waals surface area contributed by atoms with Crippen LogP contribution in [0.15, 0.2) is 0 Å². The second-order valence-electron chi connectivity index (χ2n) is 3.37. The zero-order valence-electron chi connectivity index (χ0n) is 8.87. The van der Waals surface area contributed by atoms with Crippen molar-refractivity contribution < 1.29 is 14.6 Å². The Balaban J connectivity index is 3.46. The standard InChI is InChI=1S/C10H21NO3/c1-2-3-7-14-8-5-9(4-6-11)10(12)13/h9H,2-8,11H2,1H3,(H,12,13). The number of unbranched alkanes of at least 4 members (excludes halogenated alkanes) is 1. The van der Waals surface area contributed by atoms with Gasteiger partial charge in [-0.3, -0.25) is 4.79 Å². The predicted molar refractivity (Wildman–Crippen MR) is 55.1 cm³/mol. The maximum Gasteiger partial charge on any atom is 0.306 e. The highest BCUT2D eigenvalue weighted by atomic mass is 16.5. The number of carbonyl (C=O) groups is 1. The fourth-order valence-electron chi connectivity index (χ4n) is 1.17. The van der Waals surface area contributed by atoms with Gasteiger partial charge in [0.2, 0.25) is 0 Å². The molecule has 0 spiro atoms. The summed E-state index contributed by atoms with van der Waals surface area (Å²) in [5.41, 5.74) is 5.31. The van der Waals surface area contributed by atoms with Gasteiger partial charge in [0.15, 0.2) is 0 Å². The topological polar surface area (TPSA) is 72.5 Å². The van der Waals surface area contributed by atoms with Crippen LogP contribution in [0.1, 0.15) is 32.6 Å². The number of hydrogen-bond acceptors (Lipinski definition) is 3. The largest absolute Gasteiger partial charge is 0.481 e. The lowest BCUT2D eigenvalue weighted by atomic mass is 10.0. The molecule has 0 amide bonds. The van der Waals surface area contributed by atoms with E-state index in [1.165, 1.54) is 0 Å². The number of rotatable bonds is 9. The predicted octanol–water partition coefficient (Wildman–Crippen LogP) is 1.24. The van der Waals surface area contributed by atoms with Crippen LogP contribution < -0.4 is 5.73 Å². The van der Waals surface area contributed by atoms with Crippen LogP contribution in [0.4, 0.5) is 0 Å². The fraction of sp³-hybridized carbons (Fsp3) is 0.900. The van der Waals surface area contributed by atoms with Crippen molar-refractivity contribution in [3.8, 4) is 0 Å². The molecule has 0 aromatic carbocycles. The Morgan fingerprint density at radius 1 is 1.43 bits per heavy atom. The summed E-state index contributed by atoms with van der Waals surface area (Å²) in [6.07, 6.45) is 3.24. The van der Waals surface area contributed by atoms with Crippen molar-refractivity contribution >= 4 is 5.97 Å². The molecule has 0 aliphatic rings. The van der Waals surface area contributed by atoms with Gasteiger partial charge in [0.05, 0.1) is 5.92 Å². The maximum absolute atomic E-state index is 10.7. The molecule has 4 heteroatoms. The first-order chi connectivity index (χ1) is 6.72. The van der Waals surface area contributed by atoms with E-state index in [9.17, 15) is 4.79 Å². The van der Waals surface area contributed by atoms with Gasteiger partial charge < -0.3 is 15.6 Å². The summed E-state index contributed by atoms with van der Waals surface area (Å²) < 4.78 is 5.30. The van der Waals surface area contributed by atoms with Crippen LogP contribution in [-0.4, -0.2) is 30.8 Å². The van der Waals surface area contributed by atoms with Crippen LogP contribution in [0.5, 0.6) is 0 Å². The van der Waals surface area contributed by atoms with Crippen molar-refractivity contribution in [2.24, 2.45) is 11.7 Å². The smallest absolute Gasteiger partial charge is 0.306 e. The summed E-state index contributed by atoms with van der Waals surface area (Å²) in [5, 5.41) is 8.80. The van der Waals surface area contributed by atoms with Crippen LogP contribution in [0.25, 0.3) is 0 Å². The zero-order chi connectivity index (χ0) is 10.8. The molecule has 0 bridgehead atoms. The Morgan fingerprint density at radius 2 is 2.14 bits per heavy atom. The minimum absolute atomic E-state index is 0.346. The van der Waals surface area contributed by atoms with E-state index in [-0.39, 0.29) is 5.92 Å². The lowest BCUT2D eigenvalue weighted by Gasteiger charge is -2.10. The van der Waals surface area contributed by atoms with E-state index >= 15 is 0 Å². The van der Waals surface area contributed by atoms with Gasteiger partial charge in [0, 0.05) is 13.2 Å². The number of carboxylic acids is 1. The van der Waals surface area contributed by atoms with Crippen molar-refractivity contribution in [1.82, 2.24) is 0 Å². The SMILES string of the molecule is CCCCOCCC(CCN)C(=O)O. The lowest BCUT2D eigenvalue weighted by molar-refractivity contribution is -0.142. The summed E-state index contributed by atoms with van der Waals surface area (Å²) in [6.45, 7) is 3.77. The molecule has 0 saturated carbocycles. The molecule has 1 unspecified atom stereocenters. The molecule has 4 nitrogen and oxygen atoms in total. The third-order valence-corrected chi connectivity index (χ3v) is 2.12. The molecule has 0 aromatic rings. The molecule has 0 heterocycles. The molecule has 84 valence electrons. The molecule has 0 aromatic heterocycles. The van der Waals surface area contributed by atoms with Crippen LogP contribution in [0.3, 0.4) is 0 Å². The highest BCUT2D eigenvalue weighted by Crippen LogP contribution is 2.08. The first-order valence-electron chi connectivity index (χ1n) is 5.23. The molecule has 0 radical (unpaired) electrons. The third kappa shape index (κ3) is 6.86. The van der Waals surface area contributed by atoms with Gasteiger partial charge in [0.1, 0.15) is 0 Å². The Morgan fingerprint density at radius 3 is 2.64 bits per heavy atom. The van der Waals surface area contributed by atoms with Gasteiger partial charge in [-0.1, -0.05) is 13.3 Å². The van der Waals surface area contributed by atoms with E-state index in [1.54, 1.807) is 0 Å². The number of ether oxygens (including phenoxy) is 1. The van der Waals surface area contributed by atoms with Crippen molar-refractivity contribution in [3.63, 3.8) is 0 Å². The molecule has 0 saturated heterocycles. The summed E-state index contributed by atoms with van der Waals surface area (Å²) in [5.74, 6) is -1.11. The second kappa shape index (κ2) is 8.97. The molecule has 1 atom stereocenters. The third-order valence-electron chi connectivity index (χ3n) is 2.12. The Kier molecular flexibility index (Phi) is 8.57. The number of hydrogen-bond donors (Lipinski definition) is 2. The summed E-state index contributed by atoms with van der Waals surface area (Å²) in [7, 11) is 0. The number of aliphatic carboxylic acids is 1. The van der Waals surface area contributed by atoms with Crippen LogP contribution in [0.2, 0.25) is 0 Å². The van der Waals surface area contributed by atoms with Gasteiger partial charge >= 0.3 is 5.97 Å². The fourth-order valence-corrected chi connectivity index (χ4v) is 1.17. The average Bonchev–Trinajstić information content (AvgIpc) is 2.15. The van der Waals surface area contributed by atoms with Crippen molar-refractivity contribution in [2.45, 2.75) is 32.6 Å². The highest BCUT2D eigenvalue weighted by molar-refractivity contribution is 5.69. The van der Waals surface area contributed by atoms with Crippen molar-refractivity contribution in [2.75, 3.05) is 19.8 Å². The molecular formula is C10H21NO3. The molecule has 14 heavy (non-hydrogen) atoms. The van der Waals surface area contributed by atoms with Crippen LogP contribution in [0, 0.1) is 5.92 Å². The van der Waals surface area contributed by atoms with Gasteiger partial charge in [-0.15, -0.1) is 0 Å². The Bertz CT molecular complexity index is 150. The van der Waals surface area contributed by atoms with Gasteiger partial charge in [-0.2, -0.15) is 0 Å². The van der Waals surface area contributed by atoms with Gasteiger partial charge in [-0.05, 0) is 25.8 Å². The molecule has 0 aliphatic carbocycles. The van der Waals surface area contributed by atoms with E-state index in [0.717, 1.165) is 19.4 Å². The monoisotopic (exact) mass is 203 g/mol. The summed E-state index contributed by atoms with van der Waals surface area (Å²) in [4.78, 5) is 10.7. The van der Waals surface area contributed by atoms with Gasteiger partial charge in [-0.25, -0.2) is 0 Å². The minimum atomic E-state index is -0.769. The normalized spacial score (nSPS) is 12.7. The molecule has 3 N–H and O–H groups in total. The quantitative estimate of drug-likeness (QED) is 0.553. The average molecular weight is 203 g/mol. The molecular weight excluding hydrogens is 182 g/mol. The molecule has 0 rings (SSSR count). The minimum Gasteiger partial charge on any atom is -0.481 e. The number of carboxylic acid groups (broad SMARTS) is 1. The molecule has 0 fully saturated rings. The summed E-state index contributed by atoms with van der Waals surface area (Å²) >= 11 is 0. The van der Waals surface area contributed by atoms with E-state index < -0.39 is 5.97 Å². The van der Waals surface area contributed by atoms with Crippen molar-refractivity contribution in [3.05, 3.63) is 0 Å². The Hall–Kier alpha value is -0.610. The lowest BCUT2D eigenvalue weighted by Crippen LogP contribution is -2.19. The highest BCUT2D eigenvalue weighted by Gasteiger charge is 2.15. The van der Waals surface area contributed by atoms with E-state index in [4.69, 9.17) is 15.6 Å². The van der Waals surface area contributed by atoms with E-state index in [0.29, 0.717) is 26.0 Å². The number of nitrogens with two attached hydrogens (primary N) is 1. The first kappa shape index (κ1) is 13.4. The molecule has 0 aliphatic heterocycles. The zero-order valence-corrected chi connectivity index (χ0v) is 8.87. The first-order valence-corrected chi connectivity index (χ1v) is 5.23. The van der Waals surface area contributed by atoms with Crippen LogP contribution >= 0.6 is 0 Å². The van der Waals surface area contributed by atoms with Gasteiger partial charge in [0.25, 0.3) is 0 Å². The van der Waals surface area contributed by atoms with E-state index in [1.807, 2.05) is 0 Å². The second-order valence-corrected chi connectivity index (χ2v) is 3.37. The Labute approximate surface area is 85.4 Å². The van der Waals surface area contributed by atoms with E-state index in [2.05, 4.69) is 6.92 Å². The van der Waals surface area contributed by atoms with Crippen molar-refractivity contribution in [1.29, 1.82) is 0 Å². The van der Waals surface area contributed by atoms with Crippen LogP contribution in [-0.2, 0) is 9.53 Å². The maximum atomic E-state index is 10.7.